The Morgan fingerprint density at radius 2 is 1.30 bits per heavy atom. The first-order chi connectivity index (χ1) is 17.7. The Hall–Kier alpha value is -0.560. The number of hydrogen-bond acceptors (Lipinski definition) is 6. The van der Waals surface area contributed by atoms with Crippen LogP contribution in [0.2, 0.25) is 0 Å². The van der Waals surface area contributed by atoms with Crippen molar-refractivity contribution in [3.05, 3.63) is 0 Å². The number of rotatable bonds is 27. The van der Waals surface area contributed by atoms with E-state index in [1.54, 1.807) is 6.92 Å². The van der Waals surface area contributed by atoms with E-state index < -0.39 is 47.6 Å². The van der Waals surface area contributed by atoms with Crippen LogP contribution in [0.5, 0.6) is 0 Å². The number of hydrogen-bond donors (Lipinski definition) is 1. The molecule has 3 unspecified atom stereocenters. The van der Waals surface area contributed by atoms with Crippen LogP contribution in [0.1, 0.15) is 137 Å². The van der Waals surface area contributed by atoms with Gasteiger partial charge in [-0.25, -0.2) is 13.2 Å². The minimum Gasteiger partial charge on any atom is -0.478 e. The molecule has 0 aromatic rings. The van der Waals surface area contributed by atoms with Crippen LogP contribution in [0, 0.1) is 0 Å². The molecule has 0 rings (SSSR count). The zero-order chi connectivity index (χ0) is 28.0. The van der Waals surface area contributed by atoms with Gasteiger partial charge in [0.25, 0.3) is 5.34 Å². The molecular formula is C28H55O7PS. The minimum atomic E-state index is -3.43. The van der Waals surface area contributed by atoms with Crippen molar-refractivity contribution < 1.29 is 32.4 Å². The fraction of sp³-hybridized carbons (Fsp3) is 0.964. The molecule has 37 heavy (non-hydrogen) atoms. The minimum absolute atomic E-state index is 0.118. The standard InChI is InChI=1S/C28H55O7PS/c1-5-8-10-12-14-15-16-18-20-23-37(32,33)26(21-19-17-13-11-9-6-2)25(4)34-24-28(36-31,27(29)30)35-22-7-3/h25-26H,5-24H2,1-4H3,(H,29,30). The Kier molecular flexibility index (Phi) is 21.9. The number of sulfone groups is 1. The van der Waals surface area contributed by atoms with Crippen LogP contribution in [-0.4, -0.2) is 55.2 Å². The largest absolute Gasteiger partial charge is 0.478 e. The fourth-order valence-corrected chi connectivity index (χ4v) is 6.92. The summed E-state index contributed by atoms with van der Waals surface area (Å²) < 4.78 is 49.6. The zero-order valence-corrected chi connectivity index (χ0v) is 25.8. The van der Waals surface area contributed by atoms with Crippen molar-refractivity contribution in [2.45, 2.75) is 154 Å². The summed E-state index contributed by atoms with van der Waals surface area (Å²) in [5.41, 5.74) is 0. The highest BCUT2D eigenvalue weighted by Crippen LogP contribution is 2.29. The van der Waals surface area contributed by atoms with Gasteiger partial charge < -0.3 is 14.6 Å². The van der Waals surface area contributed by atoms with Gasteiger partial charge in [-0.05, 0) is 26.2 Å². The van der Waals surface area contributed by atoms with Crippen molar-refractivity contribution in [2.24, 2.45) is 0 Å². The smallest absolute Gasteiger partial charge is 0.350 e. The van der Waals surface area contributed by atoms with Crippen LogP contribution in [0.15, 0.2) is 0 Å². The lowest BCUT2D eigenvalue weighted by molar-refractivity contribution is -0.162. The lowest BCUT2D eigenvalue weighted by Gasteiger charge is -2.28. The van der Waals surface area contributed by atoms with Gasteiger partial charge in [-0.3, -0.25) is 4.57 Å². The Morgan fingerprint density at radius 3 is 1.76 bits per heavy atom. The third kappa shape index (κ3) is 16.2. The molecule has 220 valence electrons. The van der Waals surface area contributed by atoms with Crippen molar-refractivity contribution in [2.75, 3.05) is 19.0 Å². The quantitative estimate of drug-likeness (QED) is 0.0794. The summed E-state index contributed by atoms with van der Waals surface area (Å²) >= 11 is 0. The topological polar surface area (TPSA) is 107 Å². The molecule has 1 N–H and O–H groups in total. The van der Waals surface area contributed by atoms with Crippen LogP contribution in [0.4, 0.5) is 0 Å². The third-order valence-electron chi connectivity index (χ3n) is 6.93. The fourth-order valence-electron chi connectivity index (χ4n) is 4.48. The van der Waals surface area contributed by atoms with E-state index >= 15 is 0 Å². The van der Waals surface area contributed by atoms with Crippen molar-refractivity contribution in [3.63, 3.8) is 0 Å². The number of ether oxygens (including phenoxy) is 2. The SMILES string of the molecule is CCCCCCCCCCCS(=O)(=O)C(CCCCCCCC)C(C)OCC(OCCC)(P=O)C(=O)O. The molecule has 0 saturated carbocycles. The zero-order valence-electron chi connectivity index (χ0n) is 24.0. The highest BCUT2D eigenvalue weighted by Gasteiger charge is 2.43. The Morgan fingerprint density at radius 1 is 0.811 bits per heavy atom. The van der Waals surface area contributed by atoms with E-state index in [0.29, 0.717) is 19.3 Å². The second kappa shape index (κ2) is 22.3. The lowest BCUT2D eigenvalue weighted by atomic mass is 10.1. The summed E-state index contributed by atoms with van der Waals surface area (Å²) in [6, 6.07) is 0. The second-order valence-electron chi connectivity index (χ2n) is 10.3. The van der Waals surface area contributed by atoms with Gasteiger partial charge in [-0.15, -0.1) is 0 Å². The highest BCUT2D eigenvalue weighted by atomic mass is 32.2. The first kappa shape index (κ1) is 36.4. The Balaban J connectivity index is 5.04. The molecule has 0 fully saturated rings. The van der Waals surface area contributed by atoms with Crippen molar-refractivity contribution in [1.29, 1.82) is 0 Å². The molecule has 0 saturated heterocycles. The van der Waals surface area contributed by atoms with Crippen molar-refractivity contribution >= 4 is 24.3 Å². The summed E-state index contributed by atoms with van der Waals surface area (Å²) in [4.78, 5) is 11.8. The number of unbranched alkanes of at least 4 members (excludes halogenated alkanes) is 13. The molecule has 9 heteroatoms. The molecule has 0 aromatic heterocycles. The van der Waals surface area contributed by atoms with Crippen LogP contribution >= 0.6 is 8.46 Å². The third-order valence-corrected chi connectivity index (χ3v) is 10.1. The molecule has 0 aliphatic carbocycles. The number of aliphatic carboxylic acids is 1. The normalized spacial score (nSPS) is 15.5. The van der Waals surface area contributed by atoms with Crippen LogP contribution in [-0.2, 0) is 28.7 Å². The summed E-state index contributed by atoms with van der Waals surface area (Å²) in [6.07, 6.45) is 16.6. The van der Waals surface area contributed by atoms with Gasteiger partial charge in [-0.2, -0.15) is 0 Å². The first-order valence-corrected chi connectivity index (χ1v) is 17.3. The number of carbonyl (C=O) groups is 1. The molecular weight excluding hydrogens is 511 g/mol. The van der Waals surface area contributed by atoms with E-state index in [4.69, 9.17) is 9.47 Å². The van der Waals surface area contributed by atoms with Crippen molar-refractivity contribution in [3.8, 4) is 0 Å². The maximum Gasteiger partial charge on any atom is 0.350 e. The van der Waals surface area contributed by atoms with E-state index in [1.165, 1.54) is 38.5 Å². The summed E-state index contributed by atoms with van der Waals surface area (Å²) in [6.45, 7) is 7.54. The summed E-state index contributed by atoms with van der Waals surface area (Å²) in [5.74, 6) is -1.26. The van der Waals surface area contributed by atoms with Gasteiger partial charge in [0.15, 0.2) is 9.84 Å². The van der Waals surface area contributed by atoms with Gasteiger partial charge >= 0.3 is 5.97 Å². The maximum absolute atomic E-state index is 13.4. The molecule has 0 aliphatic heterocycles. The van der Waals surface area contributed by atoms with Crippen LogP contribution in [0.25, 0.3) is 0 Å². The molecule has 0 amide bonds. The van der Waals surface area contributed by atoms with E-state index in [2.05, 4.69) is 13.8 Å². The van der Waals surface area contributed by atoms with Crippen LogP contribution in [0.3, 0.4) is 0 Å². The molecule has 0 heterocycles. The van der Waals surface area contributed by atoms with E-state index in [1.807, 2.05) is 6.92 Å². The van der Waals surface area contributed by atoms with Gasteiger partial charge in [0.1, 0.15) is 0 Å². The van der Waals surface area contributed by atoms with Gasteiger partial charge in [0.05, 0.1) is 23.7 Å². The maximum atomic E-state index is 13.4. The Labute approximate surface area is 229 Å². The highest BCUT2D eigenvalue weighted by molar-refractivity contribution is 7.92. The monoisotopic (exact) mass is 566 g/mol. The first-order valence-electron chi connectivity index (χ1n) is 14.8. The number of carboxylic acid groups (broad SMARTS) is 1. The average molecular weight is 567 g/mol. The molecule has 3 atom stereocenters. The van der Waals surface area contributed by atoms with E-state index in [9.17, 15) is 22.9 Å². The average Bonchev–Trinajstić information content (AvgIpc) is 2.87. The predicted octanol–water partition coefficient (Wildman–Crippen LogP) is 7.96. The van der Waals surface area contributed by atoms with Crippen molar-refractivity contribution in [1.82, 2.24) is 0 Å². The molecule has 0 aromatic carbocycles. The molecule has 0 bridgehead atoms. The predicted molar refractivity (Wildman–Crippen MR) is 152 cm³/mol. The second-order valence-corrected chi connectivity index (χ2v) is 13.6. The molecule has 7 nitrogen and oxygen atoms in total. The molecule has 0 spiro atoms. The van der Waals surface area contributed by atoms with E-state index in [0.717, 1.165) is 51.4 Å². The van der Waals surface area contributed by atoms with E-state index in [-0.39, 0.29) is 12.4 Å². The molecule has 0 radical (unpaired) electrons. The Bertz CT molecular complexity index is 686. The van der Waals surface area contributed by atoms with Crippen LogP contribution < -0.4 is 0 Å². The summed E-state index contributed by atoms with van der Waals surface area (Å²) in [7, 11) is -4.14. The number of carboxylic acids is 1. The lowest BCUT2D eigenvalue weighted by Crippen LogP contribution is -2.44. The van der Waals surface area contributed by atoms with Gasteiger partial charge in [0.2, 0.25) is 8.46 Å². The molecule has 0 aliphatic rings. The summed E-state index contributed by atoms with van der Waals surface area (Å²) in [5, 5.41) is 6.89. The van der Waals surface area contributed by atoms with Gasteiger partial charge in [-0.1, -0.05) is 111 Å². The van der Waals surface area contributed by atoms with Gasteiger partial charge in [0, 0.05) is 6.61 Å².